The normalized spacial score (nSPS) is 17.9. The molecule has 0 spiro atoms. The molecular weight excluding hydrogens is 278 g/mol. The molecule has 0 bridgehead atoms. The van der Waals surface area contributed by atoms with Gasteiger partial charge in [-0.1, -0.05) is 35.7 Å². The van der Waals surface area contributed by atoms with Gasteiger partial charge in [0.2, 0.25) is 0 Å². The highest BCUT2D eigenvalue weighted by molar-refractivity contribution is 9.10. The molecule has 1 N–H and O–H groups in total. The Hall–Kier alpha value is -0.540. The van der Waals surface area contributed by atoms with Gasteiger partial charge >= 0.3 is 0 Å². The second-order valence-corrected chi connectivity index (χ2v) is 5.52. The summed E-state index contributed by atoms with van der Waals surface area (Å²) in [6.07, 6.45) is 5.19. The fourth-order valence-electron chi connectivity index (χ4n) is 2.17. The standard InChI is InChI=1S/C14H20BrNO/c1-2-3-4-7-16-10-13-9-11-8-12(15)5-6-14(11)17-13/h5-6,8,13,16H,2-4,7,9-10H2,1H3. The Balaban J connectivity index is 1.73. The number of benzene rings is 1. The van der Waals surface area contributed by atoms with Crippen molar-refractivity contribution in [2.45, 2.75) is 38.7 Å². The third kappa shape index (κ3) is 3.71. The average Bonchev–Trinajstić information content (AvgIpc) is 2.70. The lowest BCUT2D eigenvalue weighted by Gasteiger charge is -2.11. The SMILES string of the molecule is CCCCCNCC1Cc2cc(Br)ccc2O1. The van der Waals surface area contributed by atoms with Crippen LogP contribution >= 0.6 is 15.9 Å². The Bertz CT molecular complexity index is 367. The number of hydrogen-bond acceptors (Lipinski definition) is 2. The Morgan fingerprint density at radius 3 is 3.12 bits per heavy atom. The van der Waals surface area contributed by atoms with E-state index in [1.807, 2.05) is 6.07 Å². The largest absolute Gasteiger partial charge is 0.488 e. The molecule has 1 unspecified atom stereocenters. The highest BCUT2D eigenvalue weighted by Gasteiger charge is 2.22. The van der Waals surface area contributed by atoms with Crippen molar-refractivity contribution in [2.24, 2.45) is 0 Å². The molecule has 1 aliphatic heterocycles. The maximum absolute atomic E-state index is 5.89. The van der Waals surface area contributed by atoms with E-state index in [9.17, 15) is 0 Å². The first kappa shape index (κ1) is 12.9. The molecule has 0 amide bonds. The second-order valence-electron chi connectivity index (χ2n) is 4.61. The number of hydrogen-bond donors (Lipinski definition) is 1. The number of ether oxygens (including phenoxy) is 1. The minimum Gasteiger partial charge on any atom is -0.488 e. The van der Waals surface area contributed by atoms with Gasteiger partial charge in [-0.2, -0.15) is 0 Å². The van der Waals surface area contributed by atoms with Crippen molar-refractivity contribution in [3.63, 3.8) is 0 Å². The minimum absolute atomic E-state index is 0.306. The maximum Gasteiger partial charge on any atom is 0.123 e. The van der Waals surface area contributed by atoms with E-state index in [1.165, 1.54) is 24.8 Å². The van der Waals surface area contributed by atoms with Crippen LogP contribution < -0.4 is 10.1 Å². The Morgan fingerprint density at radius 2 is 2.29 bits per heavy atom. The molecule has 1 aromatic carbocycles. The van der Waals surface area contributed by atoms with Crippen LogP contribution in [0.25, 0.3) is 0 Å². The zero-order valence-electron chi connectivity index (χ0n) is 10.3. The molecule has 3 heteroatoms. The van der Waals surface area contributed by atoms with Gasteiger partial charge in [0, 0.05) is 17.4 Å². The fraction of sp³-hybridized carbons (Fsp3) is 0.571. The highest BCUT2D eigenvalue weighted by atomic mass is 79.9. The van der Waals surface area contributed by atoms with Crippen molar-refractivity contribution < 1.29 is 4.74 Å². The molecule has 0 saturated carbocycles. The summed E-state index contributed by atoms with van der Waals surface area (Å²) in [5, 5.41) is 3.47. The first-order valence-corrected chi connectivity index (χ1v) is 7.24. The number of halogens is 1. The van der Waals surface area contributed by atoms with Crippen LogP contribution in [0, 0.1) is 0 Å². The van der Waals surface area contributed by atoms with Crippen molar-refractivity contribution in [1.82, 2.24) is 5.32 Å². The number of nitrogens with one attached hydrogen (secondary N) is 1. The van der Waals surface area contributed by atoms with Crippen LogP contribution in [0.3, 0.4) is 0 Å². The molecule has 94 valence electrons. The molecule has 1 aliphatic rings. The number of fused-ring (bicyclic) bond motifs is 1. The van der Waals surface area contributed by atoms with Crippen LogP contribution in [-0.2, 0) is 6.42 Å². The summed E-state index contributed by atoms with van der Waals surface area (Å²) >= 11 is 3.49. The summed E-state index contributed by atoms with van der Waals surface area (Å²) in [6, 6.07) is 6.25. The van der Waals surface area contributed by atoms with Crippen LogP contribution in [0.15, 0.2) is 22.7 Å². The number of rotatable bonds is 6. The Labute approximate surface area is 112 Å². The molecule has 1 aromatic rings. The Morgan fingerprint density at radius 1 is 1.41 bits per heavy atom. The molecule has 0 radical (unpaired) electrons. The zero-order valence-corrected chi connectivity index (χ0v) is 11.9. The quantitative estimate of drug-likeness (QED) is 0.811. The molecule has 0 saturated heterocycles. The first-order chi connectivity index (χ1) is 8.29. The molecule has 1 atom stereocenters. The fourth-order valence-corrected chi connectivity index (χ4v) is 2.57. The maximum atomic E-state index is 5.89. The van der Waals surface area contributed by atoms with E-state index >= 15 is 0 Å². The molecule has 0 aromatic heterocycles. The van der Waals surface area contributed by atoms with Crippen molar-refractivity contribution in [2.75, 3.05) is 13.1 Å². The molecule has 2 nitrogen and oxygen atoms in total. The van der Waals surface area contributed by atoms with Gasteiger partial charge in [-0.3, -0.25) is 0 Å². The lowest BCUT2D eigenvalue weighted by atomic mass is 10.1. The van der Waals surface area contributed by atoms with Gasteiger partial charge in [-0.05, 0) is 36.7 Å². The lowest BCUT2D eigenvalue weighted by Crippen LogP contribution is -2.30. The van der Waals surface area contributed by atoms with E-state index < -0.39 is 0 Å². The predicted octanol–water partition coefficient (Wildman–Crippen LogP) is 3.53. The monoisotopic (exact) mass is 297 g/mol. The van der Waals surface area contributed by atoms with Gasteiger partial charge in [0.15, 0.2) is 0 Å². The van der Waals surface area contributed by atoms with E-state index in [1.54, 1.807) is 0 Å². The van der Waals surface area contributed by atoms with Gasteiger partial charge in [0.05, 0.1) is 0 Å². The van der Waals surface area contributed by atoms with Crippen molar-refractivity contribution in [1.29, 1.82) is 0 Å². The zero-order chi connectivity index (χ0) is 12.1. The van der Waals surface area contributed by atoms with Crippen molar-refractivity contribution in [3.05, 3.63) is 28.2 Å². The van der Waals surface area contributed by atoms with Gasteiger partial charge < -0.3 is 10.1 Å². The van der Waals surface area contributed by atoms with E-state index in [-0.39, 0.29) is 0 Å². The predicted molar refractivity (Wildman–Crippen MR) is 74.7 cm³/mol. The van der Waals surface area contributed by atoms with Gasteiger partial charge in [-0.15, -0.1) is 0 Å². The summed E-state index contributed by atoms with van der Waals surface area (Å²) in [4.78, 5) is 0. The van der Waals surface area contributed by atoms with Crippen LogP contribution in [0.2, 0.25) is 0 Å². The smallest absolute Gasteiger partial charge is 0.123 e. The highest BCUT2D eigenvalue weighted by Crippen LogP contribution is 2.30. The van der Waals surface area contributed by atoms with Crippen LogP contribution in [0.4, 0.5) is 0 Å². The van der Waals surface area contributed by atoms with Gasteiger partial charge in [-0.25, -0.2) is 0 Å². The number of unbranched alkanes of at least 4 members (excludes halogenated alkanes) is 2. The minimum atomic E-state index is 0.306. The summed E-state index contributed by atoms with van der Waals surface area (Å²) < 4.78 is 7.02. The molecule has 2 rings (SSSR count). The first-order valence-electron chi connectivity index (χ1n) is 6.45. The summed E-state index contributed by atoms with van der Waals surface area (Å²) in [7, 11) is 0. The lowest BCUT2D eigenvalue weighted by molar-refractivity contribution is 0.227. The van der Waals surface area contributed by atoms with E-state index in [0.29, 0.717) is 6.10 Å². The molecule has 0 aliphatic carbocycles. The van der Waals surface area contributed by atoms with E-state index in [0.717, 1.165) is 29.7 Å². The molecule has 17 heavy (non-hydrogen) atoms. The molecular formula is C14H20BrNO. The van der Waals surface area contributed by atoms with E-state index in [2.05, 4.69) is 40.3 Å². The summed E-state index contributed by atoms with van der Waals surface area (Å²) in [5.74, 6) is 1.05. The van der Waals surface area contributed by atoms with Crippen LogP contribution in [0.5, 0.6) is 5.75 Å². The van der Waals surface area contributed by atoms with Crippen LogP contribution in [0.1, 0.15) is 31.7 Å². The van der Waals surface area contributed by atoms with Crippen LogP contribution in [-0.4, -0.2) is 19.2 Å². The third-order valence-electron chi connectivity index (χ3n) is 3.09. The second kappa shape index (κ2) is 6.41. The summed E-state index contributed by atoms with van der Waals surface area (Å²) in [5.41, 5.74) is 1.32. The topological polar surface area (TPSA) is 21.3 Å². The average molecular weight is 298 g/mol. The summed E-state index contributed by atoms with van der Waals surface area (Å²) in [6.45, 7) is 4.29. The van der Waals surface area contributed by atoms with Crippen molar-refractivity contribution in [3.8, 4) is 5.75 Å². The third-order valence-corrected chi connectivity index (χ3v) is 3.59. The van der Waals surface area contributed by atoms with Gasteiger partial charge in [0.25, 0.3) is 0 Å². The van der Waals surface area contributed by atoms with Gasteiger partial charge in [0.1, 0.15) is 11.9 Å². The molecule has 0 fully saturated rings. The van der Waals surface area contributed by atoms with Crippen molar-refractivity contribution >= 4 is 15.9 Å². The molecule has 1 heterocycles. The van der Waals surface area contributed by atoms with E-state index in [4.69, 9.17) is 4.74 Å². The Kier molecular flexibility index (Phi) is 4.86.